The maximum atomic E-state index is 14.1. The summed E-state index contributed by atoms with van der Waals surface area (Å²) in [5.41, 5.74) is 2.24. The van der Waals surface area contributed by atoms with E-state index in [0.717, 1.165) is 53.2 Å². The van der Waals surface area contributed by atoms with Gasteiger partial charge in [-0.25, -0.2) is 12.8 Å². The number of sulfonamides is 1. The number of nitrogens with one attached hydrogen (secondary N) is 1. The van der Waals surface area contributed by atoms with Gasteiger partial charge in [0.1, 0.15) is 18.4 Å². The predicted molar refractivity (Wildman–Crippen MR) is 158 cm³/mol. The number of rotatable bonds is 12. The fourth-order valence-electron chi connectivity index (χ4n) is 5.24. The summed E-state index contributed by atoms with van der Waals surface area (Å²) in [5.74, 6) is -1.27. The molecule has 0 aliphatic heterocycles. The molecule has 1 atom stereocenters. The van der Waals surface area contributed by atoms with Crippen molar-refractivity contribution in [3.05, 3.63) is 95.8 Å². The molecule has 218 valence electrons. The van der Waals surface area contributed by atoms with Crippen LogP contribution in [0.1, 0.15) is 50.2 Å². The summed E-state index contributed by atoms with van der Waals surface area (Å²) >= 11 is 0. The summed E-state index contributed by atoms with van der Waals surface area (Å²) in [6.45, 7) is 3.48. The van der Waals surface area contributed by atoms with Gasteiger partial charge in [0, 0.05) is 12.6 Å². The number of nitrogens with zero attached hydrogens (tertiary/aromatic N) is 2. The van der Waals surface area contributed by atoms with Crippen LogP contribution in [0.5, 0.6) is 0 Å². The van der Waals surface area contributed by atoms with Gasteiger partial charge >= 0.3 is 0 Å². The number of amides is 2. The first-order chi connectivity index (χ1) is 19.7. The molecule has 1 aliphatic carbocycles. The third kappa shape index (κ3) is 7.73. The maximum absolute atomic E-state index is 14.1. The van der Waals surface area contributed by atoms with E-state index in [1.165, 1.54) is 17.0 Å². The van der Waals surface area contributed by atoms with Crippen LogP contribution in [0.2, 0.25) is 0 Å². The van der Waals surface area contributed by atoms with Gasteiger partial charge in [0.2, 0.25) is 11.8 Å². The first kappa shape index (κ1) is 30.2. The van der Waals surface area contributed by atoms with Crippen LogP contribution in [0.3, 0.4) is 0 Å². The Bertz CT molecular complexity index is 1410. The molecule has 7 nitrogen and oxygen atoms in total. The second-order valence-electron chi connectivity index (χ2n) is 10.5. The van der Waals surface area contributed by atoms with Crippen LogP contribution >= 0.6 is 0 Å². The van der Waals surface area contributed by atoms with E-state index in [2.05, 4.69) is 5.32 Å². The largest absolute Gasteiger partial charge is 0.352 e. The Morgan fingerprint density at radius 3 is 2.20 bits per heavy atom. The highest BCUT2D eigenvalue weighted by Crippen LogP contribution is 2.25. The van der Waals surface area contributed by atoms with E-state index in [0.29, 0.717) is 18.5 Å². The molecule has 1 fully saturated rings. The molecule has 1 saturated carbocycles. The molecular formula is C32H38FN3O4S. The highest BCUT2D eigenvalue weighted by atomic mass is 32.2. The maximum Gasteiger partial charge on any atom is 0.264 e. The Kier molecular flexibility index (Phi) is 10.2. The zero-order valence-electron chi connectivity index (χ0n) is 23.6. The van der Waals surface area contributed by atoms with Gasteiger partial charge in [-0.1, -0.05) is 67.8 Å². The minimum atomic E-state index is -4.23. The topological polar surface area (TPSA) is 86.8 Å². The molecule has 41 heavy (non-hydrogen) atoms. The Hall–Kier alpha value is -3.72. The summed E-state index contributed by atoms with van der Waals surface area (Å²) in [6.07, 6.45) is 4.84. The molecule has 0 radical (unpaired) electrons. The van der Waals surface area contributed by atoms with E-state index in [9.17, 15) is 22.4 Å². The van der Waals surface area contributed by atoms with Gasteiger partial charge in [-0.3, -0.25) is 13.9 Å². The van der Waals surface area contributed by atoms with Gasteiger partial charge < -0.3 is 10.2 Å². The van der Waals surface area contributed by atoms with Gasteiger partial charge in [-0.15, -0.1) is 0 Å². The lowest BCUT2D eigenvalue weighted by atomic mass is 10.1. The van der Waals surface area contributed by atoms with Crippen molar-refractivity contribution in [3.8, 4) is 0 Å². The zero-order valence-corrected chi connectivity index (χ0v) is 24.4. The first-order valence-corrected chi connectivity index (χ1v) is 15.6. The van der Waals surface area contributed by atoms with Crippen molar-refractivity contribution in [2.24, 2.45) is 0 Å². The van der Waals surface area contributed by atoms with Crippen LogP contribution in [0.4, 0.5) is 10.1 Å². The molecule has 0 saturated heterocycles. The monoisotopic (exact) mass is 579 g/mol. The third-order valence-electron chi connectivity index (χ3n) is 7.57. The van der Waals surface area contributed by atoms with Crippen molar-refractivity contribution in [1.29, 1.82) is 0 Å². The highest BCUT2D eigenvalue weighted by Gasteiger charge is 2.34. The van der Waals surface area contributed by atoms with Crippen LogP contribution in [-0.2, 0) is 26.0 Å². The highest BCUT2D eigenvalue weighted by molar-refractivity contribution is 7.92. The normalized spacial score (nSPS) is 14.4. The van der Waals surface area contributed by atoms with Crippen molar-refractivity contribution >= 4 is 27.5 Å². The fourth-order valence-corrected chi connectivity index (χ4v) is 6.65. The second-order valence-corrected chi connectivity index (χ2v) is 12.4. The number of anilines is 1. The van der Waals surface area contributed by atoms with Gasteiger partial charge in [-0.05, 0) is 74.6 Å². The number of carbonyl (C=O) groups is 2. The van der Waals surface area contributed by atoms with Crippen molar-refractivity contribution < 1.29 is 22.4 Å². The molecule has 0 bridgehead atoms. The number of hydrogen-bond acceptors (Lipinski definition) is 4. The van der Waals surface area contributed by atoms with Crippen molar-refractivity contribution in [1.82, 2.24) is 10.2 Å². The van der Waals surface area contributed by atoms with E-state index < -0.39 is 34.3 Å². The molecule has 9 heteroatoms. The van der Waals surface area contributed by atoms with Crippen LogP contribution < -0.4 is 9.62 Å². The number of carbonyl (C=O) groups excluding carboxylic acids is 2. The first-order valence-electron chi connectivity index (χ1n) is 14.2. The smallest absolute Gasteiger partial charge is 0.264 e. The zero-order chi connectivity index (χ0) is 29.4. The molecule has 0 aromatic heterocycles. The average molecular weight is 580 g/mol. The molecule has 3 aromatic carbocycles. The van der Waals surface area contributed by atoms with E-state index in [-0.39, 0.29) is 23.4 Å². The quantitative estimate of drug-likeness (QED) is 0.318. The minimum Gasteiger partial charge on any atom is -0.352 e. The van der Waals surface area contributed by atoms with Gasteiger partial charge in [0.05, 0.1) is 10.6 Å². The van der Waals surface area contributed by atoms with Crippen molar-refractivity contribution in [2.75, 3.05) is 17.4 Å². The van der Waals surface area contributed by atoms with Crippen LogP contribution in [0.15, 0.2) is 83.8 Å². The molecular weight excluding hydrogens is 541 g/mol. The second kappa shape index (κ2) is 13.8. The Morgan fingerprint density at radius 1 is 0.951 bits per heavy atom. The minimum absolute atomic E-state index is 0.0885. The molecule has 3 aromatic rings. The van der Waals surface area contributed by atoms with Gasteiger partial charge in [0.15, 0.2) is 0 Å². The number of halogens is 1. The Balaban J connectivity index is 1.66. The van der Waals surface area contributed by atoms with E-state index in [1.807, 2.05) is 44.2 Å². The number of hydrogen-bond donors (Lipinski definition) is 1. The molecule has 2 amide bonds. The molecule has 0 unspecified atom stereocenters. The summed E-state index contributed by atoms with van der Waals surface area (Å²) in [4.78, 5) is 28.9. The predicted octanol–water partition coefficient (Wildman–Crippen LogP) is 5.24. The lowest BCUT2D eigenvalue weighted by Crippen LogP contribution is -2.54. The van der Waals surface area contributed by atoms with Crippen molar-refractivity contribution in [3.63, 3.8) is 0 Å². The lowest BCUT2D eigenvalue weighted by Gasteiger charge is -2.33. The summed E-state index contributed by atoms with van der Waals surface area (Å²) < 4.78 is 42.3. The number of benzene rings is 3. The van der Waals surface area contributed by atoms with Crippen LogP contribution in [0.25, 0.3) is 0 Å². The average Bonchev–Trinajstić information content (AvgIpc) is 3.48. The van der Waals surface area contributed by atoms with E-state index in [1.54, 1.807) is 24.3 Å². The number of aryl methyl sites for hydroxylation is 1. The Morgan fingerprint density at radius 2 is 1.59 bits per heavy atom. The Labute approximate surface area is 242 Å². The molecule has 4 rings (SSSR count). The fraction of sp³-hybridized carbons (Fsp3) is 0.375. The van der Waals surface area contributed by atoms with Crippen LogP contribution in [0, 0.1) is 12.7 Å². The summed E-state index contributed by atoms with van der Waals surface area (Å²) in [5, 5.41) is 3.12. The van der Waals surface area contributed by atoms with Gasteiger partial charge in [-0.2, -0.15) is 0 Å². The van der Waals surface area contributed by atoms with Crippen LogP contribution in [-0.4, -0.2) is 50.3 Å². The van der Waals surface area contributed by atoms with Gasteiger partial charge in [0.25, 0.3) is 10.0 Å². The standard InChI is InChI=1S/C32H38FN3O4S/c1-3-30(32(38)34-27-11-7-8-12-27)35(22-21-25-9-5-4-6-10-25)31(37)23-36(28-17-13-24(2)14-18-28)41(39,40)29-19-15-26(33)16-20-29/h4-6,9-10,13-20,27,30H,3,7-8,11-12,21-23H2,1-2H3,(H,34,38)/t30-/m0/s1. The molecule has 1 N–H and O–H groups in total. The van der Waals surface area contributed by atoms with Crippen molar-refractivity contribution in [2.45, 2.75) is 69.4 Å². The molecule has 0 heterocycles. The third-order valence-corrected chi connectivity index (χ3v) is 9.36. The lowest BCUT2D eigenvalue weighted by molar-refractivity contribution is -0.139. The SMILES string of the molecule is CC[C@@H](C(=O)NC1CCCC1)N(CCc1ccccc1)C(=O)CN(c1ccc(C)cc1)S(=O)(=O)c1ccc(F)cc1. The molecule has 1 aliphatic rings. The molecule has 0 spiro atoms. The summed E-state index contributed by atoms with van der Waals surface area (Å²) in [6, 6.07) is 20.4. The summed E-state index contributed by atoms with van der Waals surface area (Å²) in [7, 11) is -4.23. The van der Waals surface area contributed by atoms with E-state index in [4.69, 9.17) is 0 Å². The van der Waals surface area contributed by atoms with E-state index >= 15 is 0 Å².